The third kappa shape index (κ3) is 2.32. The lowest BCUT2D eigenvalue weighted by Gasteiger charge is -2.04. The number of hydrogen-bond acceptors (Lipinski definition) is 3. The van der Waals surface area contributed by atoms with E-state index in [1.54, 1.807) is 0 Å². The summed E-state index contributed by atoms with van der Waals surface area (Å²) >= 11 is 0. The van der Waals surface area contributed by atoms with Crippen LogP contribution in [0.15, 0.2) is 23.1 Å². The summed E-state index contributed by atoms with van der Waals surface area (Å²) in [5.41, 5.74) is 0. The van der Waals surface area contributed by atoms with Crippen molar-refractivity contribution in [3.8, 4) is 5.75 Å². The molecule has 3 nitrogen and oxygen atoms in total. The summed E-state index contributed by atoms with van der Waals surface area (Å²) in [6.45, 7) is 0. The van der Waals surface area contributed by atoms with Gasteiger partial charge in [0.1, 0.15) is 16.5 Å². The van der Waals surface area contributed by atoms with Crippen LogP contribution in [0, 0.1) is 5.82 Å². The van der Waals surface area contributed by atoms with Gasteiger partial charge >= 0.3 is 0 Å². The van der Waals surface area contributed by atoms with E-state index in [-0.39, 0.29) is 10.6 Å². The van der Waals surface area contributed by atoms with E-state index in [2.05, 4.69) is 0 Å². The van der Waals surface area contributed by atoms with Crippen molar-refractivity contribution in [3.05, 3.63) is 24.0 Å². The highest BCUT2D eigenvalue weighted by Crippen LogP contribution is 2.26. The number of rotatable bonds is 2. The molecule has 0 saturated heterocycles. The lowest BCUT2D eigenvalue weighted by Crippen LogP contribution is -1.96. The molecule has 0 bridgehead atoms. The highest BCUT2D eigenvalue weighted by Gasteiger charge is 2.16. The smallest absolute Gasteiger partial charge is 0.265 e. The zero-order chi connectivity index (χ0) is 10.1. The Hall–Kier alpha value is -0.810. The van der Waals surface area contributed by atoms with Gasteiger partial charge in [0.05, 0.1) is 7.11 Å². The molecule has 0 aliphatic heterocycles. The Labute approximate surface area is 79.5 Å². The summed E-state index contributed by atoms with van der Waals surface area (Å²) in [4.78, 5) is -0.364. The van der Waals surface area contributed by atoms with E-state index in [9.17, 15) is 12.8 Å². The molecule has 72 valence electrons. The SMILES string of the molecule is COc1ccc(F)cc1S(=O)(=O)Cl. The van der Waals surface area contributed by atoms with Gasteiger partial charge in [0.2, 0.25) is 0 Å². The summed E-state index contributed by atoms with van der Waals surface area (Å²) < 4.78 is 39.1. The van der Waals surface area contributed by atoms with Gasteiger partial charge in [-0.25, -0.2) is 12.8 Å². The molecule has 6 heteroatoms. The van der Waals surface area contributed by atoms with E-state index >= 15 is 0 Å². The quantitative estimate of drug-likeness (QED) is 0.719. The molecular weight excluding hydrogens is 219 g/mol. The van der Waals surface area contributed by atoms with Crippen molar-refractivity contribution < 1.29 is 17.5 Å². The molecule has 1 aromatic carbocycles. The third-order valence-electron chi connectivity index (χ3n) is 1.39. The number of benzene rings is 1. The average molecular weight is 225 g/mol. The molecule has 1 aromatic rings. The maximum atomic E-state index is 12.6. The first-order valence-electron chi connectivity index (χ1n) is 3.23. The fourth-order valence-corrected chi connectivity index (χ4v) is 1.85. The Morgan fingerprint density at radius 1 is 1.46 bits per heavy atom. The molecule has 0 heterocycles. The van der Waals surface area contributed by atoms with Gasteiger partial charge in [0, 0.05) is 10.7 Å². The first-order valence-corrected chi connectivity index (χ1v) is 5.54. The molecule has 0 radical (unpaired) electrons. The normalized spacial score (nSPS) is 11.3. The third-order valence-corrected chi connectivity index (χ3v) is 2.73. The van der Waals surface area contributed by atoms with E-state index in [1.807, 2.05) is 0 Å². The molecule has 0 spiro atoms. The topological polar surface area (TPSA) is 43.4 Å². The van der Waals surface area contributed by atoms with E-state index in [0.29, 0.717) is 0 Å². The van der Waals surface area contributed by atoms with Crippen molar-refractivity contribution in [3.63, 3.8) is 0 Å². The fourth-order valence-electron chi connectivity index (χ4n) is 0.841. The monoisotopic (exact) mass is 224 g/mol. The summed E-state index contributed by atoms with van der Waals surface area (Å²) in [6.07, 6.45) is 0. The fraction of sp³-hybridized carbons (Fsp3) is 0.143. The van der Waals surface area contributed by atoms with Gasteiger partial charge in [0.15, 0.2) is 0 Å². The van der Waals surface area contributed by atoms with Crippen LogP contribution in [-0.4, -0.2) is 15.5 Å². The van der Waals surface area contributed by atoms with Gasteiger partial charge in [-0.3, -0.25) is 0 Å². The van der Waals surface area contributed by atoms with E-state index in [4.69, 9.17) is 15.4 Å². The lowest BCUT2D eigenvalue weighted by atomic mass is 10.3. The van der Waals surface area contributed by atoms with Crippen LogP contribution < -0.4 is 4.74 Å². The minimum Gasteiger partial charge on any atom is -0.495 e. The summed E-state index contributed by atoms with van der Waals surface area (Å²) in [5, 5.41) is 0. The molecule has 0 aliphatic carbocycles. The van der Waals surface area contributed by atoms with Crippen molar-refractivity contribution in [1.29, 1.82) is 0 Å². The molecule has 13 heavy (non-hydrogen) atoms. The largest absolute Gasteiger partial charge is 0.495 e. The molecule has 1 rings (SSSR count). The van der Waals surface area contributed by atoms with E-state index < -0.39 is 14.9 Å². The predicted octanol–water partition coefficient (Wildman–Crippen LogP) is 1.76. The van der Waals surface area contributed by atoms with Crippen molar-refractivity contribution in [1.82, 2.24) is 0 Å². The van der Waals surface area contributed by atoms with Crippen molar-refractivity contribution in [2.45, 2.75) is 4.90 Å². The predicted molar refractivity (Wildman–Crippen MR) is 46.0 cm³/mol. The molecule has 0 fully saturated rings. The molecule has 0 amide bonds. The van der Waals surface area contributed by atoms with Gasteiger partial charge in [-0.05, 0) is 18.2 Å². The second-order valence-corrected chi connectivity index (χ2v) is 4.77. The second kappa shape index (κ2) is 3.51. The number of ether oxygens (including phenoxy) is 1. The Balaban J connectivity index is 3.41. The van der Waals surface area contributed by atoms with Crippen LogP contribution in [0.5, 0.6) is 5.75 Å². The van der Waals surface area contributed by atoms with Gasteiger partial charge in [-0.15, -0.1) is 0 Å². The molecule has 0 atom stereocenters. The summed E-state index contributed by atoms with van der Waals surface area (Å²) in [6, 6.07) is 3.09. The molecule has 0 aliphatic rings. The van der Waals surface area contributed by atoms with Crippen LogP contribution in [0.3, 0.4) is 0 Å². The Morgan fingerprint density at radius 3 is 2.54 bits per heavy atom. The highest BCUT2D eigenvalue weighted by molar-refractivity contribution is 8.13. The molecule has 0 unspecified atom stereocenters. The van der Waals surface area contributed by atoms with Crippen LogP contribution in [-0.2, 0) is 9.05 Å². The molecular formula is C7H6ClFO3S. The first-order chi connectivity index (χ1) is 5.95. The average Bonchev–Trinajstić information content (AvgIpc) is 2.03. The minimum atomic E-state index is -3.96. The molecule has 0 saturated carbocycles. The summed E-state index contributed by atoms with van der Waals surface area (Å²) in [7, 11) is 2.36. The Morgan fingerprint density at radius 2 is 2.08 bits per heavy atom. The maximum absolute atomic E-state index is 12.6. The Bertz CT molecular complexity index is 416. The van der Waals surface area contributed by atoms with Gasteiger partial charge < -0.3 is 4.74 Å². The van der Waals surface area contributed by atoms with Crippen LogP contribution in [0.2, 0.25) is 0 Å². The van der Waals surface area contributed by atoms with Crippen molar-refractivity contribution in [2.75, 3.05) is 7.11 Å². The summed E-state index contributed by atoms with van der Waals surface area (Å²) in [5.74, 6) is -0.656. The number of hydrogen-bond donors (Lipinski definition) is 0. The molecule has 0 N–H and O–H groups in total. The van der Waals surface area contributed by atoms with Crippen LogP contribution in [0.25, 0.3) is 0 Å². The van der Waals surface area contributed by atoms with Gasteiger partial charge in [-0.1, -0.05) is 0 Å². The van der Waals surface area contributed by atoms with Gasteiger partial charge in [-0.2, -0.15) is 0 Å². The standard InChI is InChI=1S/C7H6ClFO3S/c1-12-6-3-2-5(9)4-7(6)13(8,10)11/h2-4H,1H3. The van der Waals surface area contributed by atoms with Crippen LogP contribution in [0.4, 0.5) is 4.39 Å². The van der Waals surface area contributed by atoms with Gasteiger partial charge in [0.25, 0.3) is 9.05 Å². The zero-order valence-corrected chi connectivity index (χ0v) is 8.19. The zero-order valence-electron chi connectivity index (χ0n) is 6.62. The molecule has 0 aromatic heterocycles. The number of halogens is 2. The highest BCUT2D eigenvalue weighted by atomic mass is 35.7. The number of methoxy groups -OCH3 is 1. The Kier molecular flexibility index (Phi) is 2.77. The van der Waals surface area contributed by atoms with Crippen molar-refractivity contribution >= 4 is 19.7 Å². The second-order valence-electron chi connectivity index (χ2n) is 2.23. The van der Waals surface area contributed by atoms with E-state index in [0.717, 1.165) is 12.1 Å². The maximum Gasteiger partial charge on any atom is 0.265 e. The minimum absolute atomic E-state index is 0.0244. The van der Waals surface area contributed by atoms with Crippen molar-refractivity contribution in [2.24, 2.45) is 0 Å². The lowest BCUT2D eigenvalue weighted by molar-refractivity contribution is 0.401. The first kappa shape index (κ1) is 10.3. The van der Waals surface area contributed by atoms with E-state index in [1.165, 1.54) is 13.2 Å². The van der Waals surface area contributed by atoms with Crippen LogP contribution >= 0.6 is 10.7 Å². The van der Waals surface area contributed by atoms with Crippen LogP contribution in [0.1, 0.15) is 0 Å².